The zero-order valence-electron chi connectivity index (χ0n) is 13.2. The first-order valence-electron chi connectivity index (χ1n) is 7.45. The number of halogens is 3. The second-order valence-electron chi connectivity index (χ2n) is 5.32. The quantitative estimate of drug-likeness (QED) is 0.778. The zero-order valence-corrected chi connectivity index (χ0v) is 13.2. The van der Waals surface area contributed by atoms with E-state index in [0.717, 1.165) is 11.8 Å². The summed E-state index contributed by atoms with van der Waals surface area (Å²) in [6, 6.07) is 9.47. The van der Waals surface area contributed by atoms with Gasteiger partial charge in [0.15, 0.2) is 11.5 Å². The fourth-order valence-corrected chi connectivity index (χ4v) is 2.19. The summed E-state index contributed by atoms with van der Waals surface area (Å²) in [5, 5.41) is 2.88. The van der Waals surface area contributed by atoms with Crippen molar-refractivity contribution in [2.75, 3.05) is 5.32 Å². The molecule has 5 nitrogen and oxygen atoms in total. The van der Waals surface area contributed by atoms with Crippen LogP contribution in [0.1, 0.15) is 17.1 Å². The van der Waals surface area contributed by atoms with Crippen LogP contribution < -0.4 is 5.32 Å². The van der Waals surface area contributed by atoms with Gasteiger partial charge in [-0.15, -0.1) is 0 Å². The lowest BCUT2D eigenvalue weighted by Crippen LogP contribution is -2.12. The molecule has 0 spiro atoms. The molecule has 0 saturated carbocycles. The Hall–Kier alpha value is -3.03. The van der Waals surface area contributed by atoms with Crippen molar-refractivity contribution in [2.24, 2.45) is 0 Å². The molecule has 0 fully saturated rings. The van der Waals surface area contributed by atoms with E-state index >= 15 is 0 Å². The number of nitrogens with zero attached hydrogens (tertiary/aromatic N) is 4. The Labute approximate surface area is 142 Å². The first kappa shape index (κ1) is 16.8. The molecule has 0 aliphatic rings. The van der Waals surface area contributed by atoms with E-state index < -0.39 is 11.9 Å². The summed E-state index contributed by atoms with van der Waals surface area (Å²) >= 11 is 0. The highest BCUT2D eigenvalue weighted by atomic mass is 19.4. The summed E-state index contributed by atoms with van der Waals surface area (Å²) in [5.74, 6) is 0.0642. The Kier molecular flexibility index (Phi) is 4.60. The molecule has 3 heterocycles. The third-order valence-corrected chi connectivity index (χ3v) is 3.35. The van der Waals surface area contributed by atoms with Crippen molar-refractivity contribution in [1.29, 1.82) is 0 Å². The Balaban J connectivity index is 1.92. The number of nitrogens with one attached hydrogen (secondary N) is 1. The van der Waals surface area contributed by atoms with Gasteiger partial charge >= 0.3 is 6.18 Å². The van der Waals surface area contributed by atoms with Gasteiger partial charge in [-0.3, -0.25) is 9.97 Å². The molecular weight excluding hydrogens is 331 g/mol. The average Bonchev–Trinajstić information content (AvgIpc) is 2.60. The average molecular weight is 345 g/mol. The van der Waals surface area contributed by atoms with Gasteiger partial charge in [0.25, 0.3) is 0 Å². The normalized spacial score (nSPS) is 11.4. The van der Waals surface area contributed by atoms with Crippen LogP contribution in [-0.4, -0.2) is 19.9 Å². The van der Waals surface area contributed by atoms with Gasteiger partial charge in [-0.05, 0) is 31.2 Å². The summed E-state index contributed by atoms with van der Waals surface area (Å²) in [6.45, 7) is 2.10. The van der Waals surface area contributed by atoms with Gasteiger partial charge < -0.3 is 5.32 Å². The molecule has 0 radical (unpaired) electrons. The molecule has 0 atom stereocenters. The highest BCUT2D eigenvalue weighted by Gasteiger charge is 2.33. The van der Waals surface area contributed by atoms with Crippen molar-refractivity contribution in [3.8, 4) is 11.4 Å². The number of rotatable bonds is 4. The highest BCUT2D eigenvalue weighted by molar-refractivity contribution is 5.57. The monoisotopic (exact) mass is 345 g/mol. The standard InChI is InChI=1S/C17H14F3N5/c1-11-3-2-4-13(23-11)10-22-15-9-14(17(18,19)20)24-16(25-15)12-5-7-21-8-6-12/h2-9H,10H2,1H3,(H,22,24,25). The number of hydrogen-bond donors (Lipinski definition) is 1. The second-order valence-corrected chi connectivity index (χ2v) is 5.32. The Morgan fingerprint density at radius 3 is 2.44 bits per heavy atom. The predicted molar refractivity (Wildman–Crippen MR) is 86.6 cm³/mol. The van der Waals surface area contributed by atoms with Crippen LogP contribution >= 0.6 is 0 Å². The van der Waals surface area contributed by atoms with Crippen LogP contribution in [0.4, 0.5) is 19.0 Å². The van der Waals surface area contributed by atoms with Crippen molar-refractivity contribution in [1.82, 2.24) is 19.9 Å². The Bertz CT molecular complexity index is 866. The Morgan fingerprint density at radius 2 is 1.76 bits per heavy atom. The van der Waals surface area contributed by atoms with Crippen LogP contribution in [0.3, 0.4) is 0 Å². The third kappa shape index (κ3) is 4.28. The molecule has 0 amide bonds. The fraction of sp³-hybridized carbons (Fsp3) is 0.176. The predicted octanol–water partition coefficient (Wildman–Crippen LogP) is 3.87. The van der Waals surface area contributed by atoms with Gasteiger partial charge in [-0.25, -0.2) is 9.97 Å². The van der Waals surface area contributed by atoms with E-state index in [-0.39, 0.29) is 18.2 Å². The second kappa shape index (κ2) is 6.84. The van der Waals surface area contributed by atoms with Gasteiger partial charge in [0.05, 0.1) is 12.2 Å². The Morgan fingerprint density at radius 1 is 1.00 bits per heavy atom. The largest absolute Gasteiger partial charge is 0.433 e. The zero-order chi connectivity index (χ0) is 17.9. The molecule has 8 heteroatoms. The van der Waals surface area contributed by atoms with E-state index in [2.05, 4.69) is 25.3 Å². The summed E-state index contributed by atoms with van der Waals surface area (Å²) in [5.41, 5.74) is 0.986. The van der Waals surface area contributed by atoms with Gasteiger partial charge in [-0.1, -0.05) is 6.07 Å². The van der Waals surface area contributed by atoms with E-state index in [9.17, 15) is 13.2 Å². The van der Waals surface area contributed by atoms with E-state index in [1.165, 1.54) is 12.4 Å². The third-order valence-electron chi connectivity index (χ3n) is 3.35. The summed E-state index contributed by atoms with van der Waals surface area (Å²) in [7, 11) is 0. The number of aromatic nitrogens is 4. The highest BCUT2D eigenvalue weighted by Crippen LogP contribution is 2.30. The molecule has 0 aliphatic carbocycles. The number of pyridine rings is 2. The van der Waals surface area contributed by atoms with Crippen LogP contribution in [0, 0.1) is 6.92 Å². The van der Waals surface area contributed by atoms with Crippen molar-refractivity contribution >= 4 is 5.82 Å². The minimum absolute atomic E-state index is 0.0167. The number of aryl methyl sites for hydroxylation is 1. The maximum atomic E-state index is 13.1. The first-order chi connectivity index (χ1) is 11.9. The number of alkyl halides is 3. The minimum atomic E-state index is -4.57. The molecule has 128 valence electrons. The van der Waals surface area contributed by atoms with Crippen molar-refractivity contribution in [3.63, 3.8) is 0 Å². The molecule has 1 N–H and O–H groups in total. The van der Waals surface area contributed by atoms with Gasteiger partial charge in [-0.2, -0.15) is 13.2 Å². The summed E-state index contributed by atoms with van der Waals surface area (Å²) in [4.78, 5) is 16.0. The lowest BCUT2D eigenvalue weighted by molar-refractivity contribution is -0.141. The number of anilines is 1. The molecule has 0 unspecified atom stereocenters. The summed E-state index contributed by atoms with van der Waals surface area (Å²) in [6.07, 6.45) is -1.62. The summed E-state index contributed by atoms with van der Waals surface area (Å²) < 4.78 is 39.4. The maximum Gasteiger partial charge on any atom is 0.433 e. The SMILES string of the molecule is Cc1cccc(CNc2cc(C(F)(F)F)nc(-c3ccncc3)n2)n1. The van der Waals surface area contributed by atoms with Crippen molar-refractivity contribution in [3.05, 3.63) is 65.9 Å². The van der Waals surface area contributed by atoms with Crippen LogP contribution in [0.15, 0.2) is 48.8 Å². The topological polar surface area (TPSA) is 63.6 Å². The first-order valence-corrected chi connectivity index (χ1v) is 7.45. The maximum absolute atomic E-state index is 13.1. The van der Waals surface area contributed by atoms with Crippen LogP contribution in [0.5, 0.6) is 0 Å². The molecule has 3 aromatic rings. The van der Waals surface area contributed by atoms with Gasteiger partial charge in [0.1, 0.15) is 5.82 Å². The van der Waals surface area contributed by atoms with Crippen molar-refractivity contribution < 1.29 is 13.2 Å². The lowest BCUT2D eigenvalue weighted by Gasteiger charge is -2.12. The van der Waals surface area contributed by atoms with E-state index in [1.54, 1.807) is 18.2 Å². The molecule has 3 aromatic heterocycles. The van der Waals surface area contributed by atoms with Gasteiger partial charge in [0.2, 0.25) is 0 Å². The van der Waals surface area contributed by atoms with Gasteiger partial charge in [0, 0.05) is 29.7 Å². The fourth-order valence-electron chi connectivity index (χ4n) is 2.19. The van der Waals surface area contributed by atoms with Crippen LogP contribution in [0.25, 0.3) is 11.4 Å². The van der Waals surface area contributed by atoms with E-state index in [4.69, 9.17) is 0 Å². The molecule has 3 rings (SSSR count). The minimum Gasteiger partial charge on any atom is -0.364 e. The molecular formula is C17H14F3N5. The van der Waals surface area contributed by atoms with Crippen LogP contribution in [0.2, 0.25) is 0 Å². The molecule has 0 bridgehead atoms. The molecule has 25 heavy (non-hydrogen) atoms. The molecule has 0 aliphatic heterocycles. The van der Waals surface area contributed by atoms with E-state index in [0.29, 0.717) is 11.3 Å². The van der Waals surface area contributed by atoms with E-state index in [1.807, 2.05) is 19.1 Å². The molecule has 0 aromatic carbocycles. The number of hydrogen-bond acceptors (Lipinski definition) is 5. The van der Waals surface area contributed by atoms with Crippen molar-refractivity contribution in [2.45, 2.75) is 19.6 Å². The lowest BCUT2D eigenvalue weighted by atomic mass is 10.2. The van der Waals surface area contributed by atoms with Crippen LogP contribution in [-0.2, 0) is 12.7 Å². The smallest absolute Gasteiger partial charge is 0.364 e. The molecule has 0 saturated heterocycles.